The Morgan fingerprint density at radius 1 is 1.04 bits per heavy atom. The maximum Gasteiger partial charge on any atom is 0.165 e. The smallest absolute Gasteiger partial charge is 0.165 e. The molecule has 5 nitrogen and oxygen atoms in total. The molecule has 124 valence electrons. The second kappa shape index (κ2) is 6.35. The Balaban J connectivity index is 1.98. The van der Waals surface area contributed by atoms with Crippen molar-refractivity contribution < 1.29 is 4.74 Å². The Hall–Kier alpha value is -2.63. The molecule has 0 amide bonds. The summed E-state index contributed by atoms with van der Waals surface area (Å²) in [6.45, 7) is 1.97. The number of halogens is 2. The molecule has 2 aromatic carbocycles. The third-order valence-corrected chi connectivity index (χ3v) is 4.64. The van der Waals surface area contributed by atoms with E-state index in [9.17, 15) is 0 Å². The summed E-state index contributed by atoms with van der Waals surface area (Å²) in [5, 5.41) is 8.36. The summed E-state index contributed by atoms with van der Waals surface area (Å²) in [5.41, 5.74) is 3.54. The van der Waals surface area contributed by atoms with Gasteiger partial charge in [0.05, 0.1) is 17.9 Å². The first-order chi connectivity index (χ1) is 12.1. The molecule has 0 atom stereocenters. The van der Waals surface area contributed by atoms with Crippen LogP contribution in [0.4, 0.5) is 0 Å². The Bertz CT molecular complexity index is 1060. The van der Waals surface area contributed by atoms with E-state index in [2.05, 4.69) is 20.2 Å². The molecule has 0 saturated heterocycles. The highest BCUT2D eigenvalue weighted by atomic mass is 35.5. The molecule has 1 N–H and O–H groups in total. The predicted molar refractivity (Wildman–Crippen MR) is 98.4 cm³/mol. The van der Waals surface area contributed by atoms with Crippen LogP contribution in [0.15, 0.2) is 49.1 Å². The fourth-order valence-electron chi connectivity index (χ4n) is 2.71. The summed E-state index contributed by atoms with van der Waals surface area (Å²) in [7, 11) is 0. The Kier molecular flexibility index (Phi) is 4.03. The number of aromatic amines is 1. The number of hydrogen-bond acceptors (Lipinski definition) is 4. The van der Waals surface area contributed by atoms with E-state index >= 15 is 0 Å². The largest absolute Gasteiger partial charge is 0.454 e. The molecule has 0 bridgehead atoms. The third-order valence-electron chi connectivity index (χ3n) is 3.93. The molecule has 7 heteroatoms. The second-order valence-corrected chi connectivity index (χ2v) is 6.25. The van der Waals surface area contributed by atoms with Crippen LogP contribution in [-0.4, -0.2) is 20.2 Å². The molecular weight excluding hydrogens is 359 g/mol. The van der Waals surface area contributed by atoms with Crippen molar-refractivity contribution in [3.8, 4) is 22.6 Å². The maximum atomic E-state index is 6.30. The van der Waals surface area contributed by atoms with E-state index in [1.807, 2.05) is 37.3 Å². The molecule has 0 aliphatic heterocycles. The number of nitrogens with one attached hydrogen (secondary N) is 1. The van der Waals surface area contributed by atoms with Crippen molar-refractivity contribution in [1.29, 1.82) is 0 Å². The van der Waals surface area contributed by atoms with Crippen LogP contribution in [0.1, 0.15) is 5.56 Å². The van der Waals surface area contributed by atoms with Gasteiger partial charge in [0, 0.05) is 16.0 Å². The van der Waals surface area contributed by atoms with Gasteiger partial charge < -0.3 is 4.74 Å². The monoisotopic (exact) mass is 370 g/mol. The molecule has 4 aromatic rings. The zero-order valence-corrected chi connectivity index (χ0v) is 14.6. The van der Waals surface area contributed by atoms with Gasteiger partial charge in [-0.15, -0.1) is 0 Å². The number of benzene rings is 2. The Morgan fingerprint density at radius 3 is 2.72 bits per heavy atom. The number of ether oxygens (including phenoxy) is 1. The summed E-state index contributed by atoms with van der Waals surface area (Å²) in [5.74, 6) is 1.21. The average molecular weight is 371 g/mol. The van der Waals surface area contributed by atoms with Gasteiger partial charge in [0.25, 0.3) is 0 Å². The van der Waals surface area contributed by atoms with E-state index in [1.54, 1.807) is 12.4 Å². The molecule has 0 spiro atoms. The van der Waals surface area contributed by atoms with Crippen molar-refractivity contribution in [1.82, 2.24) is 20.2 Å². The lowest BCUT2D eigenvalue weighted by Gasteiger charge is -2.13. The number of aromatic nitrogens is 4. The quantitative estimate of drug-likeness (QED) is 0.488. The third kappa shape index (κ3) is 2.92. The second-order valence-electron chi connectivity index (χ2n) is 5.48. The molecule has 2 heterocycles. The van der Waals surface area contributed by atoms with Gasteiger partial charge in [0.15, 0.2) is 5.75 Å². The summed E-state index contributed by atoms with van der Waals surface area (Å²) in [4.78, 5) is 8.49. The van der Waals surface area contributed by atoms with E-state index < -0.39 is 0 Å². The van der Waals surface area contributed by atoms with Crippen molar-refractivity contribution in [2.75, 3.05) is 0 Å². The van der Waals surface area contributed by atoms with Crippen LogP contribution >= 0.6 is 23.2 Å². The van der Waals surface area contributed by atoms with E-state index in [4.69, 9.17) is 27.9 Å². The molecule has 0 radical (unpaired) electrons. The average Bonchev–Trinajstić information content (AvgIpc) is 3.11. The molecule has 0 aliphatic rings. The first-order valence-corrected chi connectivity index (χ1v) is 8.25. The van der Waals surface area contributed by atoms with E-state index in [1.165, 1.54) is 6.33 Å². The Morgan fingerprint density at radius 2 is 1.92 bits per heavy atom. The molecule has 25 heavy (non-hydrogen) atoms. The fourth-order valence-corrected chi connectivity index (χ4v) is 3.07. The minimum Gasteiger partial charge on any atom is -0.454 e. The Labute approximate surface area is 153 Å². The minimum atomic E-state index is 0.364. The number of hydrogen-bond donors (Lipinski definition) is 1. The van der Waals surface area contributed by atoms with Gasteiger partial charge in [-0.1, -0.05) is 35.3 Å². The van der Waals surface area contributed by atoms with Crippen LogP contribution in [0.3, 0.4) is 0 Å². The molecule has 2 aromatic heterocycles. The maximum absolute atomic E-state index is 6.30. The van der Waals surface area contributed by atoms with Crippen LogP contribution in [0.2, 0.25) is 10.2 Å². The van der Waals surface area contributed by atoms with Gasteiger partial charge in [-0.25, -0.2) is 9.97 Å². The number of H-pyrrole nitrogens is 1. The lowest BCUT2D eigenvalue weighted by Crippen LogP contribution is -1.93. The molecule has 0 saturated carbocycles. The van der Waals surface area contributed by atoms with Gasteiger partial charge in [-0.05, 0) is 36.2 Å². The topological polar surface area (TPSA) is 63.7 Å². The molecule has 0 unspecified atom stereocenters. The van der Waals surface area contributed by atoms with E-state index in [0.717, 1.165) is 22.2 Å². The highest BCUT2D eigenvalue weighted by Crippen LogP contribution is 2.38. The van der Waals surface area contributed by atoms with Crippen LogP contribution in [-0.2, 0) is 0 Å². The lowest BCUT2D eigenvalue weighted by molar-refractivity contribution is 0.484. The van der Waals surface area contributed by atoms with Crippen molar-refractivity contribution in [2.45, 2.75) is 6.92 Å². The fraction of sp³-hybridized carbons (Fsp3) is 0.0556. The van der Waals surface area contributed by atoms with Crippen molar-refractivity contribution >= 4 is 34.1 Å². The summed E-state index contributed by atoms with van der Waals surface area (Å²) in [6.07, 6.45) is 4.71. The van der Waals surface area contributed by atoms with Crippen LogP contribution in [0.25, 0.3) is 22.0 Å². The van der Waals surface area contributed by atoms with E-state index in [0.29, 0.717) is 27.1 Å². The normalized spacial score (nSPS) is 11.0. The summed E-state index contributed by atoms with van der Waals surface area (Å²) < 4.78 is 5.87. The zero-order valence-electron chi connectivity index (χ0n) is 13.1. The van der Waals surface area contributed by atoms with Crippen molar-refractivity contribution in [2.24, 2.45) is 0 Å². The summed E-state index contributed by atoms with van der Waals surface area (Å²) in [6, 6.07) is 9.48. The van der Waals surface area contributed by atoms with Gasteiger partial charge in [0.2, 0.25) is 0 Å². The zero-order chi connectivity index (χ0) is 17.4. The molecule has 0 fully saturated rings. The van der Waals surface area contributed by atoms with Crippen LogP contribution < -0.4 is 4.74 Å². The highest BCUT2D eigenvalue weighted by Gasteiger charge is 2.15. The van der Waals surface area contributed by atoms with Gasteiger partial charge in [-0.3, -0.25) is 5.10 Å². The predicted octanol–water partition coefficient (Wildman–Crippen LogP) is 5.43. The van der Waals surface area contributed by atoms with Gasteiger partial charge in [0.1, 0.15) is 17.2 Å². The lowest BCUT2D eigenvalue weighted by atomic mass is 9.98. The first-order valence-electron chi connectivity index (χ1n) is 7.50. The first kappa shape index (κ1) is 15.9. The van der Waals surface area contributed by atoms with Crippen LogP contribution in [0.5, 0.6) is 11.5 Å². The van der Waals surface area contributed by atoms with Crippen molar-refractivity contribution in [3.63, 3.8) is 0 Å². The highest BCUT2D eigenvalue weighted by molar-refractivity contribution is 6.34. The van der Waals surface area contributed by atoms with Gasteiger partial charge >= 0.3 is 0 Å². The number of fused-ring (bicyclic) bond motifs is 1. The summed E-state index contributed by atoms with van der Waals surface area (Å²) >= 11 is 12.6. The number of rotatable bonds is 3. The number of nitrogens with zero attached hydrogens (tertiary/aromatic N) is 3. The van der Waals surface area contributed by atoms with Crippen molar-refractivity contribution in [3.05, 3.63) is 64.8 Å². The SMILES string of the molecule is Cc1c(Cl)cccc1-c1cc(Oc2cn[nH]c2)cc2c(Cl)ncnc12. The molecular formula is C18H12Cl2N4O. The van der Waals surface area contributed by atoms with E-state index in [-0.39, 0.29) is 0 Å². The molecule has 0 aliphatic carbocycles. The van der Waals surface area contributed by atoms with Crippen LogP contribution in [0, 0.1) is 6.92 Å². The van der Waals surface area contributed by atoms with Gasteiger partial charge in [-0.2, -0.15) is 5.10 Å². The minimum absolute atomic E-state index is 0.364. The standard InChI is InChI=1S/C18H12Cl2N4O/c1-10-13(3-2-4-16(10)19)14-5-11(25-12-7-23-24-8-12)6-15-17(14)21-9-22-18(15)20/h2-9H,1H3,(H,23,24). The molecule has 4 rings (SSSR count).